The molecule has 0 atom stereocenters. The molecular weight excluding hydrogens is 360 g/mol. The van der Waals surface area contributed by atoms with Crippen LogP contribution in [-0.4, -0.2) is 67.8 Å². The van der Waals surface area contributed by atoms with Gasteiger partial charge in [-0.05, 0) is 51.7 Å². The first kappa shape index (κ1) is 21.9. The van der Waals surface area contributed by atoms with E-state index in [4.69, 9.17) is 14.2 Å². The summed E-state index contributed by atoms with van der Waals surface area (Å²) in [5.74, 6) is 1.43. The average Bonchev–Trinajstić information content (AvgIpc) is 2.65. The number of likely N-dealkylation sites (tertiary alicyclic amines) is 1. The first-order chi connectivity index (χ1) is 13.2. The molecule has 2 amide bonds. The summed E-state index contributed by atoms with van der Waals surface area (Å²) in [7, 11) is 3.36. The van der Waals surface area contributed by atoms with Crippen molar-refractivity contribution in [2.75, 3.05) is 40.4 Å². The lowest BCUT2D eigenvalue weighted by Gasteiger charge is -2.34. The topological polar surface area (TPSA) is 68.3 Å². The van der Waals surface area contributed by atoms with E-state index in [1.54, 1.807) is 36.1 Å². The Kier molecular flexibility index (Phi) is 7.54. The third kappa shape index (κ3) is 6.62. The van der Waals surface area contributed by atoms with Crippen LogP contribution in [0.3, 0.4) is 0 Å². The molecule has 0 aliphatic carbocycles. The van der Waals surface area contributed by atoms with E-state index >= 15 is 0 Å². The van der Waals surface area contributed by atoms with Gasteiger partial charge in [0.1, 0.15) is 5.60 Å². The lowest BCUT2D eigenvalue weighted by molar-refractivity contribution is -0.132. The number of methoxy groups -OCH3 is 1. The van der Waals surface area contributed by atoms with Crippen molar-refractivity contribution in [2.24, 2.45) is 5.92 Å². The van der Waals surface area contributed by atoms with E-state index in [0.717, 1.165) is 12.8 Å². The van der Waals surface area contributed by atoms with E-state index in [1.165, 1.54) is 0 Å². The molecule has 1 heterocycles. The normalized spacial score (nSPS) is 15.1. The maximum Gasteiger partial charge on any atom is 0.410 e. The summed E-state index contributed by atoms with van der Waals surface area (Å²) in [6.45, 7) is 7.52. The summed E-state index contributed by atoms with van der Waals surface area (Å²) in [6, 6.07) is 7.26. The Labute approximate surface area is 167 Å². The van der Waals surface area contributed by atoms with Crippen LogP contribution in [0.5, 0.6) is 11.5 Å². The number of para-hydroxylation sites is 2. The highest BCUT2D eigenvalue weighted by Crippen LogP contribution is 2.26. The van der Waals surface area contributed by atoms with Crippen LogP contribution in [0, 0.1) is 5.92 Å². The number of carbonyl (C=O) groups excluding carboxylic acids is 2. The lowest BCUT2D eigenvalue weighted by Crippen LogP contribution is -2.44. The molecule has 1 aliphatic heterocycles. The minimum Gasteiger partial charge on any atom is -0.493 e. The highest BCUT2D eigenvalue weighted by Gasteiger charge is 2.28. The van der Waals surface area contributed by atoms with Crippen molar-refractivity contribution >= 4 is 12.0 Å². The van der Waals surface area contributed by atoms with Gasteiger partial charge in [-0.15, -0.1) is 0 Å². The van der Waals surface area contributed by atoms with Gasteiger partial charge in [0.25, 0.3) is 5.91 Å². The summed E-state index contributed by atoms with van der Waals surface area (Å²) in [5, 5.41) is 0. The molecule has 156 valence electrons. The largest absolute Gasteiger partial charge is 0.493 e. The van der Waals surface area contributed by atoms with Gasteiger partial charge < -0.3 is 24.0 Å². The van der Waals surface area contributed by atoms with Gasteiger partial charge >= 0.3 is 6.09 Å². The summed E-state index contributed by atoms with van der Waals surface area (Å²) >= 11 is 0. The Morgan fingerprint density at radius 1 is 1.14 bits per heavy atom. The number of benzene rings is 1. The second kappa shape index (κ2) is 9.66. The molecule has 1 saturated heterocycles. The van der Waals surface area contributed by atoms with Gasteiger partial charge in [0.05, 0.1) is 7.11 Å². The Morgan fingerprint density at radius 3 is 2.32 bits per heavy atom. The van der Waals surface area contributed by atoms with Gasteiger partial charge in [0.15, 0.2) is 18.1 Å². The number of nitrogens with zero attached hydrogens (tertiary/aromatic N) is 2. The Morgan fingerprint density at radius 2 is 1.75 bits per heavy atom. The fourth-order valence-electron chi connectivity index (χ4n) is 3.10. The number of hydrogen-bond acceptors (Lipinski definition) is 5. The second-order valence-electron chi connectivity index (χ2n) is 8.12. The SMILES string of the molecule is COc1ccccc1OCC(=O)N(C)CC1CCN(C(=O)OC(C)(C)C)CC1. The molecule has 0 bridgehead atoms. The molecule has 1 fully saturated rings. The molecule has 0 unspecified atom stereocenters. The van der Waals surface area contributed by atoms with Crippen molar-refractivity contribution in [3.05, 3.63) is 24.3 Å². The monoisotopic (exact) mass is 392 g/mol. The predicted molar refractivity (Wildman–Crippen MR) is 107 cm³/mol. The van der Waals surface area contributed by atoms with Gasteiger partial charge in [0.2, 0.25) is 0 Å². The highest BCUT2D eigenvalue weighted by atomic mass is 16.6. The molecule has 0 saturated carbocycles. The lowest BCUT2D eigenvalue weighted by atomic mass is 9.96. The zero-order valence-corrected chi connectivity index (χ0v) is 17.6. The standard InChI is InChI=1S/C21H32N2O5/c1-21(2,3)28-20(25)23-12-10-16(11-13-23)14-22(4)19(24)15-27-18-9-7-6-8-17(18)26-5/h6-9,16H,10-15H2,1-5H3. The van der Waals surface area contributed by atoms with Crippen LogP contribution in [0.25, 0.3) is 0 Å². The van der Waals surface area contributed by atoms with E-state index in [0.29, 0.717) is 37.1 Å². The number of ether oxygens (including phenoxy) is 3. The fourth-order valence-corrected chi connectivity index (χ4v) is 3.10. The summed E-state index contributed by atoms with van der Waals surface area (Å²) in [5.41, 5.74) is -0.484. The number of hydrogen-bond donors (Lipinski definition) is 0. The van der Waals surface area contributed by atoms with Crippen LogP contribution >= 0.6 is 0 Å². The molecule has 7 heteroatoms. The van der Waals surface area contributed by atoms with E-state index < -0.39 is 5.60 Å². The van der Waals surface area contributed by atoms with Gasteiger partial charge in [-0.2, -0.15) is 0 Å². The minimum atomic E-state index is -0.484. The zero-order valence-electron chi connectivity index (χ0n) is 17.6. The van der Waals surface area contributed by atoms with Crippen molar-refractivity contribution < 1.29 is 23.8 Å². The number of likely N-dealkylation sites (N-methyl/N-ethyl adjacent to an activating group) is 1. The summed E-state index contributed by atoms with van der Waals surface area (Å²) < 4.78 is 16.3. The van der Waals surface area contributed by atoms with Crippen molar-refractivity contribution in [3.63, 3.8) is 0 Å². The Balaban J connectivity index is 1.75. The molecule has 28 heavy (non-hydrogen) atoms. The molecule has 0 aromatic heterocycles. The van der Waals surface area contributed by atoms with Crippen LogP contribution in [0.2, 0.25) is 0 Å². The molecule has 1 aromatic carbocycles. The molecule has 0 radical (unpaired) electrons. The molecule has 1 aromatic rings. The van der Waals surface area contributed by atoms with Crippen molar-refractivity contribution in [3.8, 4) is 11.5 Å². The Bertz CT molecular complexity index is 663. The smallest absolute Gasteiger partial charge is 0.410 e. The van der Waals surface area contributed by atoms with Crippen molar-refractivity contribution in [1.82, 2.24) is 9.80 Å². The van der Waals surface area contributed by atoms with Crippen molar-refractivity contribution in [2.45, 2.75) is 39.2 Å². The van der Waals surface area contributed by atoms with E-state index in [2.05, 4.69) is 0 Å². The van der Waals surface area contributed by atoms with Crippen LogP contribution in [0.1, 0.15) is 33.6 Å². The molecule has 2 rings (SSSR count). The highest BCUT2D eigenvalue weighted by molar-refractivity contribution is 5.77. The first-order valence-electron chi connectivity index (χ1n) is 9.67. The number of rotatable bonds is 6. The number of piperidine rings is 1. The van der Waals surface area contributed by atoms with E-state index in [-0.39, 0.29) is 18.6 Å². The van der Waals surface area contributed by atoms with E-state index in [1.807, 2.05) is 32.9 Å². The van der Waals surface area contributed by atoms with Crippen LogP contribution in [0.15, 0.2) is 24.3 Å². The summed E-state index contributed by atoms with van der Waals surface area (Å²) in [6.07, 6.45) is 1.44. The third-order valence-electron chi connectivity index (χ3n) is 4.64. The van der Waals surface area contributed by atoms with Crippen LogP contribution in [0.4, 0.5) is 4.79 Å². The zero-order chi connectivity index (χ0) is 20.7. The van der Waals surface area contributed by atoms with Crippen LogP contribution < -0.4 is 9.47 Å². The quantitative estimate of drug-likeness (QED) is 0.744. The average molecular weight is 392 g/mol. The Hall–Kier alpha value is -2.44. The maximum atomic E-state index is 12.4. The number of amides is 2. The van der Waals surface area contributed by atoms with Gasteiger partial charge in [-0.3, -0.25) is 4.79 Å². The third-order valence-corrected chi connectivity index (χ3v) is 4.64. The second-order valence-corrected chi connectivity index (χ2v) is 8.12. The van der Waals surface area contributed by atoms with E-state index in [9.17, 15) is 9.59 Å². The fraction of sp³-hybridized carbons (Fsp3) is 0.619. The maximum absolute atomic E-state index is 12.4. The number of carbonyl (C=O) groups is 2. The molecule has 0 spiro atoms. The minimum absolute atomic E-state index is 0.0341. The van der Waals surface area contributed by atoms with Crippen LogP contribution in [-0.2, 0) is 9.53 Å². The van der Waals surface area contributed by atoms with Gasteiger partial charge in [-0.25, -0.2) is 4.79 Å². The predicted octanol–water partition coefficient (Wildman–Crippen LogP) is 3.18. The summed E-state index contributed by atoms with van der Waals surface area (Å²) in [4.78, 5) is 28.0. The van der Waals surface area contributed by atoms with Gasteiger partial charge in [-0.1, -0.05) is 12.1 Å². The van der Waals surface area contributed by atoms with Gasteiger partial charge in [0, 0.05) is 26.7 Å². The van der Waals surface area contributed by atoms with Crippen molar-refractivity contribution in [1.29, 1.82) is 0 Å². The first-order valence-corrected chi connectivity index (χ1v) is 9.67. The molecule has 1 aliphatic rings. The molecule has 0 N–H and O–H groups in total. The molecular formula is C21H32N2O5. The molecule has 7 nitrogen and oxygen atoms in total.